The van der Waals surface area contributed by atoms with Gasteiger partial charge in [-0.3, -0.25) is 4.79 Å². The minimum Gasteiger partial charge on any atom is -0.342 e. The highest BCUT2D eigenvalue weighted by atomic mass is 35.5. The number of amides is 1. The Hall–Kier alpha value is -0.280. The van der Waals surface area contributed by atoms with Crippen LogP contribution in [0.25, 0.3) is 0 Å². The fraction of sp³-hybridized carbons (Fsp3) is 0.900. The summed E-state index contributed by atoms with van der Waals surface area (Å²) in [4.78, 5) is 13.5. The van der Waals surface area contributed by atoms with Crippen molar-refractivity contribution in [3.8, 4) is 0 Å². The minimum absolute atomic E-state index is 0. The van der Waals surface area contributed by atoms with E-state index < -0.39 is 0 Å². The average Bonchev–Trinajstić information content (AvgIpc) is 2.33. The second-order valence-corrected chi connectivity index (χ2v) is 4.47. The molecule has 82 valence electrons. The van der Waals surface area contributed by atoms with Crippen molar-refractivity contribution < 1.29 is 4.79 Å². The van der Waals surface area contributed by atoms with E-state index in [0.717, 1.165) is 32.4 Å². The van der Waals surface area contributed by atoms with Crippen LogP contribution in [0.4, 0.5) is 0 Å². The topological polar surface area (TPSA) is 32.3 Å². The van der Waals surface area contributed by atoms with Gasteiger partial charge in [0.15, 0.2) is 0 Å². The highest BCUT2D eigenvalue weighted by Crippen LogP contribution is 2.43. The molecule has 0 saturated carbocycles. The van der Waals surface area contributed by atoms with Gasteiger partial charge in [0, 0.05) is 24.9 Å². The van der Waals surface area contributed by atoms with Gasteiger partial charge in [0.05, 0.1) is 0 Å². The quantitative estimate of drug-likeness (QED) is 0.659. The van der Waals surface area contributed by atoms with Crippen molar-refractivity contribution in [2.45, 2.75) is 32.2 Å². The molecule has 3 nitrogen and oxygen atoms in total. The number of carbonyl (C=O) groups excluding carboxylic acids is 1. The minimum atomic E-state index is 0. The van der Waals surface area contributed by atoms with E-state index in [0.29, 0.717) is 11.9 Å². The molecule has 1 N–H and O–H groups in total. The van der Waals surface area contributed by atoms with Gasteiger partial charge in [-0.05, 0) is 32.9 Å². The second kappa shape index (κ2) is 4.07. The number of nitrogens with zero attached hydrogens (tertiary/aromatic N) is 1. The van der Waals surface area contributed by atoms with E-state index in [9.17, 15) is 4.79 Å². The van der Waals surface area contributed by atoms with Crippen molar-refractivity contribution in [2.75, 3.05) is 20.1 Å². The molecule has 1 unspecified atom stereocenters. The van der Waals surface area contributed by atoms with Crippen LogP contribution in [-0.4, -0.2) is 37.0 Å². The predicted molar refractivity (Wildman–Crippen MR) is 58.6 cm³/mol. The molecule has 1 spiro atoms. The molecule has 2 saturated heterocycles. The lowest BCUT2D eigenvalue weighted by Crippen LogP contribution is -2.43. The fourth-order valence-corrected chi connectivity index (χ4v) is 2.72. The summed E-state index contributed by atoms with van der Waals surface area (Å²) in [5, 5.41) is 3.36. The first-order valence-corrected chi connectivity index (χ1v) is 5.12. The molecule has 4 heteroatoms. The van der Waals surface area contributed by atoms with Crippen LogP contribution in [0.1, 0.15) is 26.2 Å². The summed E-state index contributed by atoms with van der Waals surface area (Å²) >= 11 is 0. The zero-order valence-electron chi connectivity index (χ0n) is 8.88. The first-order chi connectivity index (χ1) is 6.16. The van der Waals surface area contributed by atoms with Crippen LogP contribution in [0.5, 0.6) is 0 Å². The van der Waals surface area contributed by atoms with Crippen molar-refractivity contribution >= 4 is 18.3 Å². The molecule has 14 heavy (non-hydrogen) atoms. The van der Waals surface area contributed by atoms with Gasteiger partial charge < -0.3 is 10.2 Å². The maximum absolute atomic E-state index is 11.6. The summed E-state index contributed by atoms with van der Waals surface area (Å²) in [6.07, 6.45) is 3.08. The Morgan fingerprint density at radius 2 is 2.00 bits per heavy atom. The van der Waals surface area contributed by atoms with Crippen LogP contribution in [0.15, 0.2) is 0 Å². The normalized spacial score (nSPS) is 30.6. The van der Waals surface area contributed by atoms with Crippen molar-refractivity contribution in [1.29, 1.82) is 0 Å². The van der Waals surface area contributed by atoms with Crippen molar-refractivity contribution in [1.82, 2.24) is 10.2 Å². The Morgan fingerprint density at radius 1 is 1.43 bits per heavy atom. The molecule has 2 rings (SSSR count). The summed E-state index contributed by atoms with van der Waals surface area (Å²) in [6.45, 7) is 4.34. The summed E-state index contributed by atoms with van der Waals surface area (Å²) in [5.41, 5.74) is 0.289. The van der Waals surface area contributed by atoms with E-state index in [1.54, 1.807) is 0 Å². The summed E-state index contributed by atoms with van der Waals surface area (Å²) in [5.74, 6) is 0.328. The molecule has 0 aromatic heterocycles. The summed E-state index contributed by atoms with van der Waals surface area (Å²) in [7, 11) is 1.93. The monoisotopic (exact) mass is 218 g/mol. The Kier molecular flexibility index (Phi) is 3.43. The molecular formula is C10H19ClN2O. The van der Waals surface area contributed by atoms with Gasteiger partial charge in [-0.25, -0.2) is 0 Å². The molecular weight excluding hydrogens is 200 g/mol. The smallest absolute Gasteiger partial charge is 0.223 e. The number of rotatable bonds is 0. The molecule has 2 aliphatic rings. The third-order valence-corrected chi connectivity index (χ3v) is 3.96. The molecule has 1 atom stereocenters. The Bertz CT molecular complexity index is 226. The van der Waals surface area contributed by atoms with E-state index in [1.165, 1.54) is 0 Å². The van der Waals surface area contributed by atoms with E-state index in [-0.39, 0.29) is 17.8 Å². The Labute approximate surface area is 91.6 Å². The number of hydrogen-bond acceptors (Lipinski definition) is 2. The number of carbonyl (C=O) groups is 1. The summed E-state index contributed by atoms with van der Waals surface area (Å²) in [6, 6.07) is 0.433. The highest BCUT2D eigenvalue weighted by Gasteiger charge is 2.47. The van der Waals surface area contributed by atoms with Crippen molar-refractivity contribution in [3.63, 3.8) is 0 Å². The van der Waals surface area contributed by atoms with Crippen LogP contribution in [0.2, 0.25) is 0 Å². The molecule has 2 heterocycles. The molecule has 0 aromatic rings. The lowest BCUT2D eigenvalue weighted by Gasteiger charge is -2.37. The maximum atomic E-state index is 11.6. The first kappa shape index (κ1) is 11.8. The van der Waals surface area contributed by atoms with E-state index in [1.807, 2.05) is 11.9 Å². The summed E-state index contributed by atoms with van der Waals surface area (Å²) < 4.78 is 0. The van der Waals surface area contributed by atoms with Crippen LogP contribution in [-0.2, 0) is 4.79 Å². The number of hydrogen-bond donors (Lipinski definition) is 1. The van der Waals surface area contributed by atoms with Crippen LogP contribution >= 0.6 is 12.4 Å². The number of piperidine rings is 1. The maximum Gasteiger partial charge on any atom is 0.223 e. The van der Waals surface area contributed by atoms with E-state index in [4.69, 9.17) is 0 Å². The fourth-order valence-electron chi connectivity index (χ4n) is 2.72. The second-order valence-electron chi connectivity index (χ2n) is 4.47. The van der Waals surface area contributed by atoms with Gasteiger partial charge in [0.1, 0.15) is 0 Å². The van der Waals surface area contributed by atoms with Gasteiger partial charge >= 0.3 is 0 Å². The van der Waals surface area contributed by atoms with E-state index >= 15 is 0 Å². The number of halogens is 1. The molecule has 0 radical (unpaired) electrons. The van der Waals surface area contributed by atoms with Crippen LogP contribution in [0, 0.1) is 5.41 Å². The molecule has 2 aliphatic heterocycles. The lowest BCUT2D eigenvalue weighted by molar-refractivity contribution is -0.127. The predicted octanol–water partition coefficient (Wildman–Crippen LogP) is 1.03. The zero-order chi connectivity index (χ0) is 9.47. The molecule has 1 amide bonds. The van der Waals surface area contributed by atoms with Crippen LogP contribution in [0.3, 0.4) is 0 Å². The average molecular weight is 219 g/mol. The van der Waals surface area contributed by atoms with Crippen molar-refractivity contribution in [3.05, 3.63) is 0 Å². The van der Waals surface area contributed by atoms with Gasteiger partial charge in [0.25, 0.3) is 0 Å². The Balaban J connectivity index is 0.000000980. The SMILES string of the molecule is CC1N(C)C(=O)CC12CCNCC2.Cl. The highest BCUT2D eigenvalue weighted by molar-refractivity contribution is 5.85. The largest absolute Gasteiger partial charge is 0.342 e. The van der Waals surface area contributed by atoms with Gasteiger partial charge in [-0.15, -0.1) is 12.4 Å². The number of nitrogens with one attached hydrogen (secondary N) is 1. The standard InChI is InChI=1S/C10H18N2O.ClH/c1-8-10(3-5-11-6-4-10)7-9(13)12(8)2;/h8,11H,3-7H2,1-2H3;1H. The zero-order valence-corrected chi connectivity index (χ0v) is 9.69. The Morgan fingerprint density at radius 3 is 2.43 bits per heavy atom. The third-order valence-electron chi connectivity index (χ3n) is 3.96. The number of likely N-dealkylation sites (tertiary alicyclic amines) is 1. The van der Waals surface area contributed by atoms with Gasteiger partial charge in [-0.1, -0.05) is 0 Å². The van der Waals surface area contributed by atoms with Crippen LogP contribution < -0.4 is 5.32 Å². The third kappa shape index (κ3) is 1.63. The van der Waals surface area contributed by atoms with Gasteiger partial charge in [-0.2, -0.15) is 0 Å². The van der Waals surface area contributed by atoms with Crippen molar-refractivity contribution in [2.24, 2.45) is 5.41 Å². The lowest BCUT2D eigenvalue weighted by atomic mass is 9.73. The molecule has 2 fully saturated rings. The van der Waals surface area contributed by atoms with E-state index in [2.05, 4.69) is 12.2 Å². The van der Waals surface area contributed by atoms with Gasteiger partial charge in [0.2, 0.25) is 5.91 Å². The first-order valence-electron chi connectivity index (χ1n) is 5.12. The molecule has 0 aromatic carbocycles. The molecule has 0 aliphatic carbocycles. The molecule has 0 bridgehead atoms.